The summed E-state index contributed by atoms with van der Waals surface area (Å²) in [6.45, 7) is 5.53. The second-order valence-corrected chi connectivity index (χ2v) is 6.58. The van der Waals surface area contributed by atoms with E-state index in [9.17, 15) is 9.59 Å². The molecule has 0 N–H and O–H groups in total. The molecule has 0 aliphatic heterocycles. The van der Waals surface area contributed by atoms with Gasteiger partial charge in [0, 0.05) is 18.3 Å². The lowest BCUT2D eigenvalue weighted by molar-refractivity contribution is -0.169. The van der Waals surface area contributed by atoms with E-state index in [1.54, 1.807) is 39.2 Å². The number of carbonyl (C=O) groups is 2. The third-order valence-corrected chi connectivity index (χ3v) is 4.10. The third-order valence-electron chi connectivity index (χ3n) is 3.26. The minimum atomic E-state index is -0.913. The summed E-state index contributed by atoms with van der Waals surface area (Å²) in [7, 11) is 0. The molecule has 0 radical (unpaired) electrons. The van der Waals surface area contributed by atoms with Gasteiger partial charge >= 0.3 is 11.9 Å². The first-order valence-electron chi connectivity index (χ1n) is 8.24. The number of aromatic nitrogens is 3. The van der Waals surface area contributed by atoms with Crippen LogP contribution >= 0.6 is 11.8 Å². The van der Waals surface area contributed by atoms with Crippen LogP contribution in [0.4, 0.5) is 0 Å². The van der Waals surface area contributed by atoms with Crippen molar-refractivity contribution in [3.05, 3.63) is 36.7 Å². The van der Waals surface area contributed by atoms with Crippen molar-refractivity contribution in [1.29, 1.82) is 0 Å². The maximum atomic E-state index is 12.1. The van der Waals surface area contributed by atoms with E-state index in [1.165, 1.54) is 0 Å². The van der Waals surface area contributed by atoms with Crippen LogP contribution in [0.5, 0.6) is 0 Å². The van der Waals surface area contributed by atoms with Crippen LogP contribution in [0.1, 0.15) is 20.8 Å². The molecule has 0 amide bonds. The monoisotopic (exact) mass is 375 g/mol. The Balaban J connectivity index is 1.95. The van der Waals surface area contributed by atoms with Crippen LogP contribution in [0.25, 0.3) is 11.4 Å². The molecular weight excluding hydrogens is 354 g/mol. The van der Waals surface area contributed by atoms with E-state index in [4.69, 9.17) is 9.47 Å². The molecule has 0 aliphatic carbocycles. The highest BCUT2D eigenvalue weighted by molar-refractivity contribution is 7.99. The summed E-state index contributed by atoms with van der Waals surface area (Å²) >= 11 is 1.14. The average Bonchev–Trinajstić information content (AvgIpc) is 2.65. The first-order valence-corrected chi connectivity index (χ1v) is 9.23. The van der Waals surface area contributed by atoms with Crippen molar-refractivity contribution in [3.63, 3.8) is 0 Å². The summed E-state index contributed by atoms with van der Waals surface area (Å²) < 4.78 is 10.2. The first kappa shape index (κ1) is 19.8. The molecular formula is C18H21N3O4S. The molecule has 2 rings (SSSR count). The second kappa shape index (κ2) is 9.86. The predicted octanol–water partition coefficient (Wildman–Crippen LogP) is 2.76. The SMILES string of the molecule is CCOC(=O)C(OC(=O)CSc1nccc(-c2ccccn2)n1)C(C)C. The predicted molar refractivity (Wildman–Crippen MR) is 97.3 cm³/mol. The second-order valence-electron chi connectivity index (χ2n) is 5.63. The van der Waals surface area contributed by atoms with Crippen molar-refractivity contribution in [2.75, 3.05) is 12.4 Å². The van der Waals surface area contributed by atoms with E-state index in [1.807, 2.05) is 18.2 Å². The fourth-order valence-electron chi connectivity index (χ4n) is 2.05. The van der Waals surface area contributed by atoms with Crippen molar-refractivity contribution in [3.8, 4) is 11.4 Å². The van der Waals surface area contributed by atoms with Crippen LogP contribution in [0.2, 0.25) is 0 Å². The molecule has 7 nitrogen and oxygen atoms in total. The topological polar surface area (TPSA) is 91.3 Å². The van der Waals surface area contributed by atoms with Gasteiger partial charge in [-0.25, -0.2) is 14.8 Å². The smallest absolute Gasteiger partial charge is 0.347 e. The normalized spacial score (nSPS) is 11.8. The molecule has 0 spiro atoms. The van der Waals surface area contributed by atoms with E-state index in [-0.39, 0.29) is 18.3 Å². The minimum absolute atomic E-state index is 0.00566. The lowest BCUT2D eigenvalue weighted by atomic mass is 10.1. The van der Waals surface area contributed by atoms with Crippen LogP contribution in [0.15, 0.2) is 41.8 Å². The highest BCUT2D eigenvalue weighted by atomic mass is 32.2. The highest BCUT2D eigenvalue weighted by Crippen LogP contribution is 2.19. The molecule has 1 unspecified atom stereocenters. The average molecular weight is 375 g/mol. The van der Waals surface area contributed by atoms with E-state index < -0.39 is 18.0 Å². The number of esters is 2. The molecule has 26 heavy (non-hydrogen) atoms. The molecule has 2 heterocycles. The molecule has 1 atom stereocenters. The van der Waals surface area contributed by atoms with Crippen molar-refractivity contribution >= 4 is 23.7 Å². The molecule has 0 saturated heterocycles. The zero-order valence-corrected chi connectivity index (χ0v) is 15.7. The fraction of sp³-hybridized carbons (Fsp3) is 0.389. The number of nitrogens with zero attached hydrogens (tertiary/aromatic N) is 3. The van der Waals surface area contributed by atoms with Crippen LogP contribution in [0, 0.1) is 5.92 Å². The number of hydrogen-bond acceptors (Lipinski definition) is 8. The van der Waals surface area contributed by atoms with Crippen molar-refractivity contribution in [1.82, 2.24) is 15.0 Å². The van der Waals surface area contributed by atoms with Crippen molar-refractivity contribution in [2.24, 2.45) is 5.92 Å². The highest BCUT2D eigenvalue weighted by Gasteiger charge is 2.27. The molecule has 0 saturated carbocycles. The Morgan fingerprint density at radius 2 is 1.92 bits per heavy atom. The zero-order chi connectivity index (χ0) is 18.9. The molecule has 2 aromatic heterocycles. The van der Waals surface area contributed by atoms with E-state index in [0.29, 0.717) is 10.9 Å². The Morgan fingerprint density at radius 3 is 2.58 bits per heavy atom. The minimum Gasteiger partial charge on any atom is -0.463 e. The van der Waals surface area contributed by atoms with Crippen LogP contribution in [-0.2, 0) is 19.1 Å². The first-order chi connectivity index (χ1) is 12.5. The lowest BCUT2D eigenvalue weighted by Crippen LogP contribution is -2.34. The number of hydrogen-bond donors (Lipinski definition) is 0. The van der Waals surface area contributed by atoms with Gasteiger partial charge in [-0.05, 0) is 25.1 Å². The quantitative estimate of drug-likeness (QED) is 0.395. The largest absolute Gasteiger partial charge is 0.463 e. The molecule has 0 fully saturated rings. The maximum absolute atomic E-state index is 12.1. The molecule has 0 aliphatic rings. The van der Waals surface area contributed by atoms with Gasteiger partial charge < -0.3 is 9.47 Å². The Bertz CT molecular complexity index is 740. The molecule has 2 aromatic rings. The van der Waals surface area contributed by atoms with E-state index >= 15 is 0 Å². The van der Waals surface area contributed by atoms with Gasteiger partial charge in [-0.2, -0.15) is 0 Å². The zero-order valence-electron chi connectivity index (χ0n) is 14.9. The Hall–Kier alpha value is -2.48. The number of rotatable bonds is 8. The number of pyridine rings is 1. The summed E-state index contributed by atoms with van der Waals surface area (Å²) in [5.41, 5.74) is 1.39. The molecule has 8 heteroatoms. The Kier molecular flexibility index (Phi) is 7.53. The van der Waals surface area contributed by atoms with Crippen LogP contribution < -0.4 is 0 Å². The van der Waals surface area contributed by atoms with Gasteiger partial charge in [-0.1, -0.05) is 31.7 Å². The number of thioether (sulfide) groups is 1. The van der Waals surface area contributed by atoms with Crippen LogP contribution in [-0.4, -0.2) is 45.4 Å². The fourth-order valence-corrected chi connectivity index (χ4v) is 2.66. The van der Waals surface area contributed by atoms with Crippen LogP contribution in [0.3, 0.4) is 0 Å². The van der Waals surface area contributed by atoms with Gasteiger partial charge in [0.05, 0.1) is 23.7 Å². The molecule has 0 aromatic carbocycles. The number of ether oxygens (including phenoxy) is 2. The molecule has 138 valence electrons. The van der Waals surface area contributed by atoms with Gasteiger partial charge in [-0.15, -0.1) is 0 Å². The standard InChI is InChI=1S/C18H21N3O4S/c1-4-24-17(23)16(12(2)3)25-15(22)11-26-18-20-10-8-14(21-18)13-7-5-6-9-19-13/h5-10,12,16H,4,11H2,1-3H3. The van der Waals surface area contributed by atoms with E-state index in [2.05, 4.69) is 15.0 Å². The summed E-state index contributed by atoms with van der Waals surface area (Å²) in [6.07, 6.45) is 2.38. The Morgan fingerprint density at radius 1 is 1.12 bits per heavy atom. The van der Waals surface area contributed by atoms with Gasteiger partial charge in [-0.3, -0.25) is 9.78 Å². The van der Waals surface area contributed by atoms with Gasteiger partial charge in [0.1, 0.15) is 0 Å². The lowest BCUT2D eigenvalue weighted by Gasteiger charge is -2.19. The summed E-state index contributed by atoms with van der Waals surface area (Å²) in [5, 5.41) is 0.433. The summed E-state index contributed by atoms with van der Waals surface area (Å²) in [4.78, 5) is 36.7. The van der Waals surface area contributed by atoms with Crippen molar-refractivity contribution < 1.29 is 19.1 Å². The number of carbonyl (C=O) groups excluding carboxylic acids is 2. The van der Waals surface area contributed by atoms with Gasteiger partial charge in [0.25, 0.3) is 0 Å². The Labute approximate surface area is 156 Å². The molecule has 0 bridgehead atoms. The third kappa shape index (κ3) is 5.80. The summed E-state index contributed by atoms with van der Waals surface area (Å²) in [5.74, 6) is -1.23. The maximum Gasteiger partial charge on any atom is 0.347 e. The van der Waals surface area contributed by atoms with Gasteiger partial charge in [0.15, 0.2) is 5.16 Å². The van der Waals surface area contributed by atoms with Gasteiger partial charge in [0.2, 0.25) is 6.10 Å². The summed E-state index contributed by atoms with van der Waals surface area (Å²) in [6, 6.07) is 7.29. The van der Waals surface area contributed by atoms with E-state index in [0.717, 1.165) is 17.5 Å². The van der Waals surface area contributed by atoms with Crippen molar-refractivity contribution in [2.45, 2.75) is 32.0 Å².